The molecule has 2 atom stereocenters. The number of hydrogen-bond donors (Lipinski definition) is 3. The van der Waals surface area contributed by atoms with Gasteiger partial charge in [-0.25, -0.2) is 4.79 Å². The Morgan fingerprint density at radius 3 is 2.27 bits per heavy atom. The summed E-state index contributed by atoms with van der Waals surface area (Å²) in [7, 11) is 0. The second-order valence-electron chi connectivity index (χ2n) is 11.3. The minimum Gasteiger partial charge on any atom is -0.508 e. The summed E-state index contributed by atoms with van der Waals surface area (Å²) >= 11 is 0. The highest BCUT2D eigenvalue weighted by atomic mass is 16.6. The van der Waals surface area contributed by atoms with E-state index in [2.05, 4.69) is 17.6 Å². The third kappa shape index (κ3) is 11.8. The first-order valence-electron chi connectivity index (χ1n) is 14.2. The number of aromatic hydroxyl groups is 1. The zero-order chi connectivity index (χ0) is 30.5. The van der Waals surface area contributed by atoms with Crippen molar-refractivity contribution in [1.82, 2.24) is 15.5 Å². The van der Waals surface area contributed by atoms with Gasteiger partial charge in [-0.2, -0.15) is 0 Å². The summed E-state index contributed by atoms with van der Waals surface area (Å²) in [6, 6.07) is 2.76. The summed E-state index contributed by atoms with van der Waals surface area (Å²) < 4.78 is 10.4. The molecule has 0 saturated carbocycles. The number of amides is 3. The Labute approximate surface area is 239 Å². The zero-order valence-corrected chi connectivity index (χ0v) is 25.5. The summed E-state index contributed by atoms with van der Waals surface area (Å²) in [5.41, 5.74) is 0.305. The number of phenols is 1. The highest BCUT2D eigenvalue weighted by molar-refractivity contribution is 5.92. The molecule has 0 radical (unpaired) electrons. The average molecular weight is 564 g/mol. The summed E-state index contributed by atoms with van der Waals surface area (Å²) in [5, 5.41) is 15.6. The molecule has 3 N–H and O–H groups in total. The van der Waals surface area contributed by atoms with Gasteiger partial charge < -0.3 is 30.1 Å². The molecule has 10 nitrogen and oxygen atoms in total. The number of aryl methyl sites for hydroxylation is 1. The molecule has 2 unspecified atom stereocenters. The van der Waals surface area contributed by atoms with E-state index in [9.17, 15) is 24.3 Å². The Kier molecular flexibility index (Phi) is 14.5. The molecule has 0 fully saturated rings. The number of ether oxygens (including phenoxy) is 2. The number of benzene rings is 1. The predicted molar refractivity (Wildman–Crippen MR) is 154 cm³/mol. The lowest BCUT2D eigenvalue weighted by Gasteiger charge is -2.36. The number of hydrogen-bond acceptors (Lipinski definition) is 7. The van der Waals surface area contributed by atoms with Crippen LogP contribution in [0.3, 0.4) is 0 Å². The van der Waals surface area contributed by atoms with Gasteiger partial charge in [-0.15, -0.1) is 0 Å². The van der Waals surface area contributed by atoms with Gasteiger partial charge in [0.15, 0.2) is 0 Å². The second kappa shape index (κ2) is 16.7. The Morgan fingerprint density at radius 2 is 1.73 bits per heavy atom. The van der Waals surface area contributed by atoms with Crippen molar-refractivity contribution in [2.45, 2.75) is 105 Å². The Balaban J connectivity index is 3.46. The number of nitrogens with one attached hydrogen (secondary N) is 2. The summed E-state index contributed by atoms with van der Waals surface area (Å²) in [6.07, 6.45) is 2.75. The van der Waals surface area contributed by atoms with Crippen LogP contribution in [-0.4, -0.2) is 65.2 Å². The summed E-state index contributed by atoms with van der Waals surface area (Å²) in [5.74, 6) is -1.56. The first kappa shape index (κ1) is 34.7. The lowest BCUT2D eigenvalue weighted by Crippen LogP contribution is -2.55. The number of alkyl carbamates (subject to hydrolysis) is 1. The van der Waals surface area contributed by atoms with Crippen LogP contribution in [0.15, 0.2) is 18.2 Å². The fourth-order valence-electron chi connectivity index (χ4n) is 4.14. The van der Waals surface area contributed by atoms with Crippen molar-refractivity contribution >= 4 is 23.9 Å². The van der Waals surface area contributed by atoms with E-state index in [4.69, 9.17) is 9.47 Å². The molecule has 0 aliphatic heterocycles. The van der Waals surface area contributed by atoms with Crippen LogP contribution in [0, 0.1) is 12.8 Å². The van der Waals surface area contributed by atoms with Crippen molar-refractivity contribution < 1.29 is 33.8 Å². The molecule has 0 saturated heterocycles. The van der Waals surface area contributed by atoms with Gasteiger partial charge in [0.1, 0.15) is 23.4 Å². The maximum Gasteiger partial charge on any atom is 0.408 e. The zero-order valence-electron chi connectivity index (χ0n) is 25.5. The number of phenolic OH excluding ortho intramolecular Hbond substituents is 1. The van der Waals surface area contributed by atoms with Gasteiger partial charge in [0, 0.05) is 13.1 Å². The van der Waals surface area contributed by atoms with Crippen LogP contribution in [0.1, 0.15) is 97.7 Å². The molecule has 1 rings (SSSR count). The summed E-state index contributed by atoms with van der Waals surface area (Å²) in [4.78, 5) is 53.8. The molecule has 226 valence electrons. The highest BCUT2D eigenvalue weighted by Crippen LogP contribution is 2.28. The monoisotopic (exact) mass is 563 g/mol. The molecule has 0 heterocycles. The van der Waals surface area contributed by atoms with Crippen molar-refractivity contribution in [2.24, 2.45) is 5.92 Å². The minimum absolute atomic E-state index is 0.0137. The standard InChI is InChI=1S/C30H49N3O7/c1-9-11-12-13-18-33(28(37)25(20(3)4)32-29(38)40-30(6,7)8)26(22-14-15-23(34)21(5)19-22)27(36)31-17-16-24(35)39-10-2/h14-15,19-20,25-26,34H,9-13,16-18H2,1-8H3,(H,31,36)(H,32,38). The first-order valence-corrected chi connectivity index (χ1v) is 14.2. The third-order valence-corrected chi connectivity index (χ3v) is 6.17. The topological polar surface area (TPSA) is 134 Å². The molecule has 0 aromatic heterocycles. The predicted octanol–water partition coefficient (Wildman–Crippen LogP) is 4.77. The Bertz CT molecular complexity index is 988. The maximum absolute atomic E-state index is 14.1. The van der Waals surface area contributed by atoms with E-state index < -0.39 is 41.6 Å². The van der Waals surface area contributed by atoms with E-state index in [1.54, 1.807) is 46.8 Å². The quantitative estimate of drug-likeness (QED) is 0.207. The molecule has 1 aromatic rings. The third-order valence-electron chi connectivity index (χ3n) is 6.17. The normalized spacial score (nSPS) is 12.8. The number of unbranched alkanes of at least 4 members (excludes halogenated alkanes) is 3. The van der Waals surface area contributed by atoms with Crippen LogP contribution in [0.25, 0.3) is 0 Å². The Morgan fingerprint density at radius 1 is 1.05 bits per heavy atom. The lowest BCUT2D eigenvalue weighted by molar-refractivity contribution is -0.144. The summed E-state index contributed by atoms with van der Waals surface area (Å²) in [6.45, 7) is 14.9. The van der Waals surface area contributed by atoms with Gasteiger partial charge in [0.2, 0.25) is 11.8 Å². The van der Waals surface area contributed by atoms with Gasteiger partial charge in [-0.3, -0.25) is 14.4 Å². The number of rotatable bonds is 15. The van der Waals surface area contributed by atoms with Crippen molar-refractivity contribution in [2.75, 3.05) is 19.7 Å². The van der Waals surface area contributed by atoms with Crippen LogP contribution in [0.4, 0.5) is 4.79 Å². The molecular formula is C30H49N3O7. The van der Waals surface area contributed by atoms with E-state index in [1.165, 1.54) is 11.0 Å². The van der Waals surface area contributed by atoms with E-state index >= 15 is 0 Å². The van der Waals surface area contributed by atoms with Crippen LogP contribution < -0.4 is 10.6 Å². The molecule has 0 aliphatic carbocycles. The second-order valence-corrected chi connectivity index (χ2v) is 11.3. The number of carbonyl (C=O) groups excluding carboxylic acids is 4. The van der Waals surface area contributed by atoms with E-state index in [1.807, 2.05) is 13.8 Å². The minimum atomic E-state index is -1.06. The average Bonchev–Trinajstić information content (AvgIpc) is 2.84. The molecule has 0 bridgehead atoms. The molecule has 0 aliphatic rings. The van der Waals surface area contributed by atoms with Gasteiger partial charge in [0.25, 0.3) is 0 Å². The fourth-order valence-corrected chi connectivity index (χ4v) is 4.14. The molecule has 1 aromatic carbocycles. The van der Waals surface area contributed by atoms with Crippen molar-refractivity contribution in [3.8, 4) is 5.75 Å². The first-order chi connectivity index (χ1) is 18.7. The van der Waals surface area contributed by atoms with Crippen molar-refractivity contribution in [3.05, 3.63) is 29.3 Å². The molecule has 10 heteroatoms. The van der Waals surface area contributed by atoms with E-state index in [0.29, 0.717) is 17.5 Å². The van der Waals surface area contributed by atoms with Crippen LogP contribution in [0.2, 0.25) is 0 Å². The number of nitrogens with zero attached hydrogens (tertiary/aromatic N) is 1. The van der Waals surface area contributed by atoms with E-state index in [-0.39, 0.29) is 37.8 Å². The van der Waals surface area contributed by atoms with Crippen LogP contribution >= 0.6 is 0 Å². The molecular weight excluding hydrogens is 514 g/mol. The van der Waals surface area contributed by atoms with Crippen LogP contribution in [0.5, 0.6) is 5.75 Å². The molecule has 0 spiro atoms. The lowest BCUT2D eigenvalue weighted by atomic mass is 9.97. The number of carbonyl (C=O) groups is 4. The highest BCUT2D eigenvalue weighted by Gasteiger charge is 2.37. The van der Waals surface area contributed by atoms with E-state index in [0.717, 1.165) is 19.3 Å². The molecule has 40 heavy (non-hydrogen) atoms. The SMILES string of the molecule is CCCCCCN(C(=O)C(NC(=O)OC(C)(C)C)C(C)C)C(C(=O)NCCC(=O)OCC)c1ccc(O)c(C)c1. The molecule has 3 amide bonds. The van der Waals surface area contributed by atoms with Gasteiger partial charge in [-0.1, -0.05) is 46.1 Å². The van der Waals surface area contributed by atoms with Crippen molar-refractivity contribution in [3.63, 3.8) is 0 Å². The van der Waals surface area contributed by atoms with Crippen molar-refractivity contribution in [1.29, 1.82) is 0 Å². The van der Waals surface area contributed by atoms with Gasteiger partial charge in [-0.05, 0) is 70.2 Å². The maximum atomic E-state index is 14.1. The largest absolute Gasteiger partial charge is 0.508 e. The van der Waals surface area contributed by atoms with Gasteiger partial charge in [0.05, 0.1) is 13.0 Å². The smallest absolute Gasteiger partial charge is 0.408 e. The fraction of sp³-hybridized carbons (Fsp3) is 0.667. The van der Waals surface area contributed by atoms with Crippen LogP contribution in [-0.2, 0) is 23.9 Å². The Hall–Kier alpha value is -3.30. The van der Waals surface area contributed by atoms with Gasteiger partial charge >= 0.3 is 12.1 Å². The number of esters is 1.